The average Bonchev–Trinajstić information content (AvgIpc) is 2.87. The van der Waals surface area contributed by atoms with Crippen LogP contribution in [0.1, 0.15) is 55.6 Å². The first-order valence-corrected chi connectivity index (χ1v) is 13.0. The Hall–Kier alpha value is -3.34. The SMILES string of the molecule is C=C(N(/C=C(\N)c1ccc(C[C@@H](CCO)NC(=O)c2ccc(N=C(C)C(F)(F)F)c(Cl)c2)cc1)CC)C(C)(C)O. The largest absolute Gasteiger partial charge is 0.429 e. The van der Waals surface area contributed by atoms with E-state index < -0.39 is 29.4 Å². The Bertz CT molecular complexity index is 1250. The minimum absolute atomic E-state index is 0.0936. The van der Waals surface area contributed by atoms with Gasteiger partial charge in [-0.1, -0.05) is 42.4 Å². The molecule has 218 valence electrons. The van der Waals surface area contributed by atoms with Crippen LogP contribution in [-0.4, -0.2) is 57.7 Å². The van der Waals surface area contributed by atoms with Crippen molar-refractivity contribution in [2.45, 2.75) is 58.4 Å². The van der Waals surface area contributed by atoms with Gasteiger partial charge in [0.2, 0.25) is 0 Å². The second-order valence-corrected chi connectivity index (χ2v) is 10.2. The maximum absolute atomic E-state index is 12.8. The molecule has 0 aromatic heterocycles. The summed E-state index contributed by atoms with van der Waals surface area (Å²) in [6.07, 6.45) is -2.18. The first-order valence-electron chi connectivity index (χ1n) is 12.7. The normalized spacial score (nSPS) is 13.7. The van der Waals surface area contributed by atoms with Crippen LogP contribution < -0.4 is 11.1 Å². The van der Waals surface area contributed by atoms with Crippen LogP contribution in [-0.2, 0) is 6.42 Å². The summed E-state index contributed by atoms with van der Waals surface area (Å²) < 4.78 is 38.3. The first kappa shape index (κ1) is 32.9. The zero-order valence-corrected chi connectivity index (χ0v) is 23.8. The summed E-state index contributed by atoms with van der Waals surface area (Å²) in [5.74, 6) is -0.487. The van der Waals surface area contributed by atoms with Gasteiger partial charge in [-0.3, -0.25) is 4.79 Å². The third kappa shape index (κ3) is 9.39. The molecule has 0 fully saturated rings. The Labute approximate surface area is 237 Å². The van der Waals surface area contributed by atoms with Gasteiger partial charge in [0, 0.05) is 36.7 Å². The van der Waals surface area contributed by atoms with E-state index in [9.17, 15) is 28.2 Å². The van der Waals surface area contributed by atoms with Crippen LogP contribution in [0.25, 0.3) is 5.70 Å². The van der Waals surface area contributed by atoms with Crippen LogP contribution in [0.15, 0.2) is 65.9 Å². The summed E-state index contributed by atoms with van der Waals surface area (Å²) in [4.78, 5) is 18.1. The molecule has 2 aromatic rings. The molecule has 2 rings (SSSR count). The molecule has 0 bridgehead atoms. The van der Waals surface area contributed by atoms with E-state index in [0.29, 0.717) is 24.4 Å². The van der Waals surface area contributed by atoms with Crippen molar-refractivity contribution >= 4 is 34.6 Å². The van der Waals surface area contributed by atoms with Crippen LogP contribution >= 0.6 is 11.6 Å². The Morgan fingerprint density at radius 1 is 1.20 bits per heavy atom. The summed E-state index contributed by atoms with van der Waals surface area (Å²) in [6.45, 7) is 10.4. The van der Waals surface area contributed by atoms with Crippen LogP contribution in [0.2, 0.25) is 5.02 Å². The molecule has 0 aliphatic heterocycles. The molecular formula is C29H36ClF3N4O3. The fourth-order valence-electron chi connectivity index (χ4n) is 3.70. The van der Waals surface area contributed by atoms with E-state index in [1.54, 1.807) is 24.9 Å². The smallest absolute Gasteiger partial charge is 0.397 e. The average molecular weight is 581 g/mol. The lowest BCUT2D eigenvalue weighted by atomic mass is 10.0. The molecule has 1 atom stereocenters. The number of carbonyl (C=O) groups excluding carboxylic acids is 1. The highest BCUT2D eigenvalue weighted by Gasteiger charge is 2.32. The van der Waals surface area contributed by atoms with Crippen LogP contribution in [0.5, 0.6) is 0 Å². The standard InChI is InChI=1S/C29H36ClF3N4O3/c1-6-37(19(3)28(4,5)40)17-25(34)21-9-7-20(8-10-21)15-23(13-14-38)36-27(39)22-11-12-26(24(30)16-22)35-18(2)29(31,32)33/h7-12,16-17,23,38,40H,3,6,13-15,34H2,1-2,4-5H3,(H,36,39)/b25-17-,35-18?/t23-/m1/s1. The van der Waals surface area contributed by atoms with Gasteiger partial charge in [-0.25, -0.2) is 4.99 Å². The van der Waals surface area contributed by atoms with Gasteiger partial charge >= 0.3 is 6.18 Å². The van der Waals surface area contributed by atoms with Crippen molar-refractivity contribution in [3.63, 3.8) is 0 Å². The molecule has 2 aromatic carbocycles. The van der Waals surface area contributed by atoms with Gasteiger partial charge < -0.3 is 26.2 Å². The van der Waals surface area contributed by atoms with Gasteiger partial charge in [0.05, 0.1) is 22.0 Å². The number of rotatable bonds is 12. The second kappa shape index (κ2) is 13.8. The van der Waals surface area contributed by atoms with Crippen LogP contribution in [0.4, 0.5) is 18.9 Å². The zero-order valence-electron chi connectivity index (χ0n) is 23.0. The number of hydrogen-bond donors (Lipinski definition) is 4. The number of aliphatic hydroxyl groups excluding tert-OH is 1. The molecule has 40 heavy (non-hydrogen) atoms. The summed E-state index contributed by atoms with van der Waals surface area (Å²) in [7, 11) is 0. The molecule has 0 heterocycles. The van der Waals surface area contributed by atoms with Gasteiger partial charge in [-0.15, -0.1) is 0 Å². The number of alkyl halides is 3. The quantitative estimate of drug-likeness (QED) is 0.245. The van der Waals surface area contributed by atoms with Gasteiger partial charge in [-0.05, 0) is 69.9 Å². The minimum atomic E-state index is -4.58. The summed E-state index contributed by atoms with van der Waals surface area (Å²) >= 11 is 6.09. The van der Waals surface area contributed by atoms with Gasteiger partial charge in [0.25, 0.3) is 5.91 Å². The Morgan fingerprint density at radius 2 is 1.80 bits per heavy atom. The Morgan fingerprint density at radius 3 is 2.30 bits per heavy atom. The van der Waals surface area contributed by atoms with Gasteiger partial charge in [0.1, 0.15) is 5.71 Å². The van der Waals surface area contributed by atoms with Gasteiger partial charge in [-0.2, -0.15) is 13.2 Å². The predicted octanol–water partition coefficient (Wildman–Crippen LogP) is 5.58. The lowest BCUT2D eigenvalue weighted by Gasteiger charge is -2.30. The molecule has 0 aliphatic carbocycles. The third-order valence-electron chi connectivity index (χ3n) is 6.18. The molecule has 0 aliphatic rings. The number of aliphatic imine (C=N–C) groups is 1. The number of benzene rings is 2. The van der Waals surface area contributed by atoms with Crippen molar-refractivity contribution in [3.8, 4) is 0 Å². The topological polar surface area (TPSA) is 111 Å². The van der Waals surface area contributed by atoms with E-state index in [-0.39, 0.29) is 29.3 Å². The predicted molar refractivity (Wildman–Crippen MR) is 153 cm³/mol. The maximum Gasteiger partial charge on any atom is 0.429 e. The number of aliphatic hydroxyl groups is 2. The zero-order chi connectivity index (χ0) is 30.3. The summed E-state index contributed by atoms with van der Waals surface area (Å²) in [5, 5.41) is 22.5. The van der Waals surface area contributed by atoms with Crippen LogP contribution in [0, 0.1) is 0 Å². The van der Waals surface area contributed by atoms with Crippen molar-refractivity contribution < 1.29 is 28.2 Å². The highest BCUT2D eigenvalue weighted by molar-refractivity contribution is 6.33. The number of halogens is 4. The molecule has 0 radical (unpaired) electrons. The van der Waals surface area contributed by atoms with Gasteiger partial charge in [0.15, 0.2) is 0 Å². The fourth-order valence-corrected chi connectivity index (χ4v) is 3.93. The van der Waals surface area contributed by atoms with Crippen molar-refractivity contribution in [2.75, 3.05) is 13.2 Å². The number of hydrogen-bond acceptors (Lipinski definition) is 6. The molecule has 11 heteroatoms. The number of likely N-dealkylation sites (N-methyl/N-ethyl adjacent to an activating group) is 1. The van der Waals surface area contributed by atoms with Crippen molar-refractivity contribution in [3.05, 3.63) is 82.7 Å². The van der Waals surface area contributed by atoms with Crippen LogP contribution in [0.3, 0.4) is 0 Å². The number of nitrogens with one attached hydrogen (secondary N) is 1. The van der Waals surface area contributed by atoms with E-state index in [0.717, 1.165) is 18.1 Å². The highest BCUT2D eigenvalue weighted by atomic mass is 35.5. The Balaban J connectivity index is 2.14. The van der Waals surface area contributed by atoms with E-state index in [2.05, 4.69) is 16.9 Å². The molecule has 0 saturated carbocycles. The fraction of sp³-hybridized carbons (Fsp3) is 0.379. The molecule has 0 unspecified atom stereocenters. The highest BCUT2D eigenvalue weighted by Crippen LogP contribution is 2.29. The number of carbonyl (C=O) groups is 1. The van der Waals surface area contributed by atoms with Crippen molar-refractivity contribution in [1.29, 1.82) is 0 Å². The summed E-state index contributed by atoms with van der Waals surface area (Å²) in [6, 6.07) is 10.8. The molecule has 1 amide bonds. The molecule has 5 N–H and O–H groups in total. The maximum atomic E-state index is 12.8. The first-order chi connectivity index (χ1) is 18.6. The monoisotopic (exact) mass is 580 g/mol. The number of nitrogens with two attached hydrogens (primary N) is 1. The number of nitrogens with zero attached hydrogens (tertiary/aromatic N) is 2. The van der Waals surface area contributed by atoms with Crippen molar-refractivity contribution in [2.24, 2.45) is 10.7 Å². The lowest BCUT2D eigenvalue weighted by molar-refractivity contribution is -0.0591. The van der Waals surface area contributed by atoms with E-state index in [1.165, 1.54) is 18.2 Å². The third-order valence-corrected chi connectivity index (χ3v) is 6.48. The van der Waals surface area contributed by atoms with E-state index in [4.69, 9.17) is 17.3 Å². The minimum Gasteiger partial charge on any atom is -0.397 e. The summed E-state index contributed by atoms with van der Waals surface area (Å²) in [5.41, 5.74) is 6.81. The van der Waals surface area contributed by atoms with Crippen molar-refractivity contribution in [1.82, 2.24) is 10.2 Å². The molecule has 0 spiro atoms. The lowest BCUT2D eigenvalue weighted by Crippen LogP contribution is -2.37. The number of amides is 1. The molecule has 7 nitrogen and oxygen atoms in total. The van der Waals surface area contributed by atoms with E-state index in [1.807, 2.05) is 31.2 Å². The Kier molecular flexibility index (Phi) is 11.4. The molecule has 0 saturated heterocycles. The van der Waals surface area contributed by atoms with E-state index >= 15 is 0 Å². The second-order valence-electron chi connectivity index (χ2n) is 9.82. The molecular weight excluding hydrogens is 545 g/mol.